The predicted octanol–water partition coefficient (Wildman–Crippen LogP) is 3.87. The van der Waals surface area contributed by atoms with Gasteiger partial charge in [0.2, 0.25) is 0 Å². The normalized spacial score (nSPS) is 19.1. The zero-order valence-corrected chi connectivity index (χ0v) is 17.4. The molecule has 0 heterocycles. The fraction of sp³-hybridized carbons (Fsp3) is 0.647. The van der Waals surface area contributed by atoms with Gasteiger partial charge in [-0.2, -0.15) is 0 Å². The van der Waals surface area contributed by atoms with E-state index >= 15 is 0 Å². The molecule has 0 saturated heterocycles. The molecule has 0 amide bonds. The molecule has 0 bridgehead atoms. The second-order valence-electron chi connectivity index (χ2n) is 7.92. The Morgan fingerprint density at radius 1 is 0.917 bits per heavy atom. The minimum absolute atomic E-state index is 0.0191. The highest BCUT2D eigenvalue weighted by Gasteiger charge is 2.55. The van der Waals surface area contributed by atoms with Crippen LogP contribution in [0.25, 0.3) is 0 Å². The quantitative estimate of drug-likeness (QED) is 0.694. The van der Waals surface area contributed by atoms with Gasteiger partial charge in [-0.15, -0.1) is 0 Å². The van der Waals surface area contributed by atoms with Gasteiger partial charge in [0, 0.05) is 13.8 Å². The molecule has 2 rings (SSSR count). The summed E-state index contributed by atoms with van der Waals surface area (Å²) in [5.74, 6) is -0.0191. The summed E-state index contributed by atoms with van der Waals surface area (Å²) in [6.07, 6.45) is 2.64. The Morgan fingerprint density at radius 2 is 1.46 bits per heavy atom. The minimum Gasteiger partial charge on any atom is -0.227 e. The van der Waals surface area contributed by atoms with Crippen molar-refractivity contribution in [2.75, 3.05) is 5.75 Å². The van der Waals surface area contributed by atoms with Crippen LogP contribution in [0, 0.1) is 0 Å². The number of sulfone groups is 2. The summed E-state index contributed by atoms with van der Waals surface area (Å²) < 4.78 is 51.4. The molecular formula is C17H28O4S2Si. The third-order valence-electron chi connectivity index (χ3n) is 4.85. The third-order valence-corrected chi connectivity index (χ3v) is 12.9. The zero-order chi connectivity index (χ0) is 18.1. The smallest absolute Gasteiger partial charge is 0.198 e. The van der Waals surface area contributed by atoms with Gasteiger partial charge < -0.3 is 0 Å². The molecular weight excluding hydrogens is 360 g/mol. The fourth-order valence-corrected chi connectivity index (χ4v) is 11.7. The maximum Gasteiger partial charge on any atom is 0.198 e. The Balaban J connectivity index is 2.51. The van der Waals surface area contributed by atoms with Gasteiger partial charge in [0.05, 0.1) is 4.90 Å². The van der Waals surface area contributed by atoms with E-state index in [2.05, 4.69) is 19.6 Å². The van der Waals surface area contributed by atoms with E-state index in [1.54, 1.807) is 18.2 Å². The Hall–Kier alpha value is -0.663. The van der Waals surface area contributed by atoms with E-state index in [4.69, 9.17) is 0 Å². The fourth-order valence-electron chi connectivity index (χ4n) is 3.28. The van der Waals surface area contributed by atoms with Crippen LogP contribution < -0.4 is 0 Å². The van der Waals surface area contributed by atoms with Gasteiger partial charge in [-0.05, 0) is 31.0 Å². The molecule has 1 aliphatic carbocycles. The summed E-state index contributed by atoms with van der Waals surface area (Å²) >= 11 is 0. The summed E-state index contributed by atoms with van der Waals surface area (Å²) in [5, 5.41) is 0. The lowest BCUT2D eigenvalue weighted by molar-refractivity contribution is 0.435. The van der Waals surface area contributed by atoms with E-state index in [-0.39, 0.29) is 23.5 Å². The SMILES string of the molecule is C[Si](C)(C)CCS(=O)(=O)C1(S(=O)(=O)c2ccccc2)CCCCC1. The van der Waals surface area contributed by atoms with Crippen LogP contribution in [-0.4, -0.2) is 34.7 Å². The highest BCUT2D eigenvalue weighted by atomic mass is 32.3. The maximum absolute atomic E-state index is 13.3. The number of benzene rings is 1. The molecule has 24 heavy (non-hydrogen) atoms. The van der Waals surface area contributed by atoms with Crippen molar-refractivity contribution in [1.29, 1.82) is 0 Å². The van der Waals surface area contributed by atoms with Crippen LogP contribution in [0.3, 0.4) is 0 Å². The summed E-state index contributed by atoms with van der Waals surface area (Å²) in [6, 6.07) is 8.67. The molecule has 1 saturated carbocycles. The third kappa shape index (κ3) is 3.78. The Labute approximate surface area is 147 Å². The summed E-state index contributed by atoms with van der Waals surface area (Å²) in [6.45, 7) is 6.34. The molecule has 136 valence electrons. The van der Waals surface area contributed by atoms with Crippen molar-refractivity contribution in [3.8, 4) is 0 Å². The summed E-state index contributed by atoms with van der Waals surface area (Å²) in [4.78, 5) is 0.128. The molecule has 0 aliphatic heterocycles. The highest BCUT2D eigenvalue weighted by molar-refractivity contribution is 8.10. The summed E-state index contributed by atoms with van der Waals surface area (Å²) in [7, 11) is -9.23. The number of rotatable bonds is 6. The monoisotopic (exact) mass is 388 g/mol. The second kappa shape index (κ2) is 6.92. The molecule has 0 spiro atoms. The van der Waals surface area contributed by atoms with Gasteiger partial charge in [-0.1, -0.05) is 57.1 Å². The Kier molecular flexibility index (Phi) is 5.67. The lowest BCUT2D eigenvalue weighted by atomic mass is 10.00. The van der Waals surface area contributed by atoms with Crippen molar-refractivity contribution < 1.29 is 16.8 Å². The second-order valence-corrected chi connectivity index (χ2v) is 18.5. The van der Waals surface area contributed by atoms with Crippen LogP contribution in [0.1, 0.15) is 32.1 Å². The Morgan fingerprint density at radius 3 is 1.96 bits per heavy atom. The number of hydrogen-bond acceptors (Lipinski definition) is 4. The molecule has 0 unspecified atom stereocenters. The first-order valence-electron chi connectivity index (χ1n) is 8.54. The van der Waals surface area contributed by atoms with Crippen LogP contribution in [-0.2, 0) is 19.7 Å². The van der Waals surface area contributed by atoms with Crippen LogP contribution in [0.15, 0.2) is 35.2 Å². The molecule has 4 nitrogen and oxygen atoms in total. The first-order valence-corrected chi connectivity index (χ1v) is 15.4. The van der Waals surface area contributed by atoms with Crippen LogP contribution >= 0.6 is 0 Å². The van der Waals surface area contributed by atoms with E-state index in [1.807, 2.05) is 0 Å². The highest BCUT2D eigenvalue weighted by Crippen LogP contribution is 2.44. The first kappa shape index (κ1) is 19.7. The van der Waals surface area contributed by atoms with Gasteiger partial charge in [0.15, 0.2) is 23.8 Å². The van der Waals surface area contributed by atoms with Crippen molar-refractivity contribution >= 4 is 27.7 Å². The van der Waals surface area contributed by atoms with Gasteiger partial charge in [0.25, 0.3) is 0 Å². The summed E-state index contributed by atoms with van der Waals surface area (Å²) in [5.41, 5.74) is 0. The Bertz CT molecular complexity index is 757. The molecule has 7 heteroatoms. The molecule has 1 aromatic rings. The molecule has 0 N–H and O–H groups in total. The van der Waals surface area contributed by atoms with Gasteiger partial charge >= 0.3 is 0 Å². The minimum atomic E-state index is -3.92. The zero-order valence-electron chi connectivity index (χ0n) is 14.8. The van der Waals surface area contributed by atoms with Crippen molar-refractivity contribution in [2.24, 2.45) is 0 Å². The molecule has 1 aromatic carbocycles. The van der Waals surface area contributed by atoms with E-state index in [0.717, 1.165) is 6.42 Å². The van der Waals surface area contributed by atoms with Crippen molar-refractivity contribution in [3.05, 3.63) is 30.3 Å². The number of hydrogen-bond donors (Lipinski definition) is 0. The topological polar surface area (TPSA) is 68.3 Å². The molecule has 0 aromatic heterocycles. The average Bonchev–Trinajstić information content (AvgIpc) is 2.54. The average molecular weight is 389 g/mol. The van der Waals surface area contributed by atoms with Crippen LogP contribution in [0.4, 0.5) is 0 Å². The molecule has 1 aliphatic rings. The van der Waals surface area contributed by atoms with Crippen LogP contribution in [0.2, 0.25) is 25.7 Å². The largest absolute Gasteiger partial charge is 0.227 e. The van der Waals surface area contributed by atoms with Gasteiger partial charge in [-0.3, -0.25) is 0 Å². The predicted molar refractivity (Wildman–Crippen MR) is 101 cm³/mol. The maximum atomic E-state index is 13.3. The van der Waals surface area contributed by atoms with Gasteiger partial charge in [0.1, 0.15) is 0 Å². The molecule has 0 atom stereocenters. The lowest BCUT2D eigenvalue weighted by Crippen LogP contribution is -2.49. The molecule has 0 radical (unpaired) electrons. The standard InChI is InChI=1S/C17H28O4S2Si/c1-24(2,3)15-14-22(18,19)17(12-8-5-9-13-17)23(20,21)16-10-6-4-7-11-16/h4,6-7,10-11H,5,8-9,12-15H2,1-3H3. The van der Waals surface area contributed by atoms with Crippen LogP contribution in [0.5, 0.6) is 0 Å². The van der Waals surface area contributed by atoms with E-state index in [1.165, 1.54) is 12.1 Å². The first-order chi connectivity index (χ1) is 11.0. The van der Waals surface area contributed by atoms with Crippen molar-refractivity contribution in [2.45, 2.75) is 66.8 Å². The van der Waals surface area contributed by atoms with Crippen molar-refractivity contribution in [3.63, 3.8) is 0 Å². The molecule has 1 fully saturated rings. The van der Waals surface area contributed by atoms with Crippen molar-refractivity contribution in [1.82, 2.24) is 0 Å². The lowest BCUT2D eigenvalue weighted by Gasteiger charge is -2.36. The van der Waals surface area contributed by atoms with Gasteiger partial charge in [-0.25, -0.2) is 16.8 Å². The van der Waals surface area contributed by atoms with E-state index in [0.29, 0.717) is 18.9 Å². The van der Waals surface area contributed by atoms with E-state index in [9.17, 15) is 16.8 Å². The van der Waals surface area contributed by atoms with E-state index < -0.39 is 31.8 Å².